The van der Waals surface area contributed by atoms with Crippen molar-refractivity contribution in [3.63, 3.8) is 0 Å². The van der Waals surface area contributed by atoms with Gasteiger partial charge in [0.15, 0.2) is 17.5 Å². The minimum Gasteiger partial charge on any atom is -0.306 e. The molecule has 0 bridgehead atoms. The molecule has 1 heterocycles. The predicted molar refractivity (Wildman–Crippen MR) is 64.9 cm³/mol. The highest BCUT2D eigenvalue weighted by Crippen LogP contribution is 2.24. The molecule has 94 valence electrons. The quantitative estimate of drug-likeness (QED) is 0.650. The van der Waals surface area contributed by atoms with Crippen LogP contribution in [0.5, 0.6) is 0 Å². The summed E-state index contributed by atoms with van der Waals surface area (Å²) >= 11 is 5.73. The number of benzene rings is 1. The van der Waals surface area contributed by atoms with Crippen molar-refractivity contribution >= 4 is 17.4 Å². The maximum Gasteiger partial charge on any atom is 0.187 e. The molecular weight excluding hydrogens is 262 g/mol. The molecule has 0 atom stereocenters. The second-order valence-electron chi connectivity index (χ2n) is 3.60. The SMILES string of the molecule is Cc1nc(-c2cc(F)cc(Cl)c2)nc(NN)c1F. The molecule has 0 aliphatic carbocycles. The van der Waals surface area contributed by atoms with Gasteiger partial charge in [0.2, 0.25) is 0 Å². The summed E-state index contributed by atoms with van der Waals surface area (Å²) in [5.41, 5.74) is 2.57. The summed E-state index contributed by atoms with van der Waals surface area (Å²) in [4.78, 5) is 7.78. The van der Waals surface area contributed by atoms with Gasteiger partial charge in [0.1, 0.15) is 5.82 Å². The Labute approximate surface area is 107 Å². The molecule has 0 radical (unpaired) electrons. The fraction of sp³-hybridized carbons (Fsp3) is 0.0909. The van der Waals surface area contributed by atoms with Crippen molar-refractivity contribution in [2.75, 3.05) is 5.43 Å². The molecule has 3 N–H and O–H groups in total. The number of aryl methyl sites for hydroxylation is 1. The van der Waals surface area contributed by atoms with Crippen molar-refractivity contribution in [3.8, 4) is 11.4 Å². The van der Waals surface area contributed by atoms with Crippen LogP contribution < -0.4 is 11.3 Å². The van der Waals surface area contributed by atoms with Crippen molar-refractivity contribution in [2.45, 2.75) is 6.92 Å². The minimum atomic E-state index is -0.649. The van der Waals surface area contributed by atoms with E-state index in [2.05, 4.69) is 15.4 Å². The van der Waals surface area contributed by atoms with Crippen LogP contribution in [0.2, 0.25) is 5.02 Å². The van der Waals surface area contributed by atoms with Gasteiger partial charge in [-0.25, -0.2) is 24.6 Å². The lowest BCUT2D eigenvalue weighted by atomic mass is 10.2. The van der Waals surface area contributed by atoms with E-state index in [1.54, 1.807) is 0 Å². The molecule has 18 heavy (non-hydrogen) atoms. The first-order valence-electron chi connectivity index (χ1n) is 4.98. The van der Waals surface area contributed by atoms with Gasteiger partial charge in [0, 0.05) is 10.6 Å². The highest BCUT2D eigenvalue weighted by Gasteiger charge is 2.12. The summed E-state index contributed by atoms with van der Waals surface area (Å²) in [6, 6.07) is 3.85. The molecule has 2 rings (SSSR count). The number of nitrogens with one attached hydrogen (secondary N) is 1. The molecule has 0 unspecified atom stereocenters. The molecular formula is C11H9ClF2N4. The van der Waals surface area contributed by atoms with Crippen LogP contribution in [0.3, 0.4) is 0 Å². The van der Waals surface area contributed by atoms with E-state index in [9.17, 15) is 8.78 Å². The highest BCUT2D eigenvalue weighted by atomic mass is 35.5. The van der Waals surface area contributed by atoms with E-state index in [1.165, 1.54) is 19.1 Å². The van der Waals surface area contributed by atoms with Crippen LogP contribution in [0.25, 0.3) is 11.4 Å². The maximum atomic E-state index is 13.5. The molecule has 0 amide bonds. The second kappa shape index (κ2) is 4.83. The van der Waals surface area contributed by atoms with E-state index in [0.717, 1.165) is 6.07 Å². The maximum absolute atomic E-state index is 13.5. The van der Waals surface area contributed by atoms with E-state index in [4.69, 9.17) is 17.4 Å². The molecule has 0 aliphatic rings. The Hall–Kier alpha value is -1.79. The number of hydrogen-bond acceptors (Lipinski definition) is 4. The van der Waals surface area contributed by atoms with Crippen LogP contribution in [-0.2, 0) is 0 Å². The molecule has 0 saturated heterocycles. The lowest BCUT2D eigenvalue weighted by Crippen LogP contribution is -2.13. The van der Waals surface area contributed by atoms with Gasteiger partial charge >= 0.3 is 0 Å². The van der Waals surface area contributed by atoms with Crippen molar-refractivity contribution in [1.82, 2.24) is 9.97 Å². The predicted octanol–water partition coefficient (Wildman–Crippen LogP) is 2.67. The fourth-order valence-corrected chi connectivity index (χ4v) is 1.69. The number of nitrogens with zero attached hydrogens (tertiary/aromatic N) is 2. The highest BCUT2D eigenvalue weighted by molar-refractivity contribution is 6.30. The van der Waals surface area contributed by atoms with Gasteiger partial charge in [-0.15, -0.1) is 0 Å². The van der Waals surface area contributed by atoms with Crippen LogP contribution in [-0.4, -0.2) is 9.97 Å². The third-order valence-electron chi connectivity index (χ3n) is 2.27. The molecule has 0 fully saturated rings. The third kappa shape index (κ3) is 2.39. The lowest BCUT2D eigenvalue weighted by Gasteiger charge is -2.07. The van der Waals surface area contributed by atoms with E-state index in [0.29, 0.717) is 5.56 Å². The molecule has 4 nitrogen and oxygen atoms in total. The Kier molecular flexibility index (Phi) is 3.40. The number of hydrogen-bond donors (Lipinski definition) is 2. The molecule has 0 aliphatic heterocycles. The van der Waals surface area contributed by atoms with Crippen molar-refractivity contribution in [2.24, 2.45) is 5.84 Å². The van der Waals surface area contributed by atoms with Gasteiger partial charge in [-0.2, -0.15) is 0 Å². The Morgan fingerprint density at radius 1 is 1.22 bits per heavy atom. The number of aromatic nitrogens is 2. The first-order chi connectivity index (χ1) is 8.51. The van der Waals surface area contributed by atoms with Gasteiger partial charge in [-0.3, -0.25) is 0 Å². The van der Waals surface area contributed by atoms with Gasteiger partial charge in [0.25, 0.3) is 0 Å². The first-order valence-corrected chi connectivity index (χ1v) is 5.36. The molecule has 1 aromatic carbocycles. The zero-order chi connectivity index (χ0) is 13.3. The zero-order valence-corrected chi connectivity index (χ0v) is 10.1. The summed E-state index contributed by atoms with van der Waals surface area (Å²) in [7, 11) is 0. The van der Waals surface area contributed by atoms with Gasteiger partial charge in [0.05, 0.1) is 5.69 Å². The second-order valence-corrected chi connectivity index (χ2v) is 4.03. The Morgan fingerprint density at radius 3 is 2.56 bits per heavy atom. The molecule has 0 saturated carbocycles. The Bertz CT molecular complexity index is 584. The fourth-order valence-electron chi connectivity index (χ4n) is 1.47. The largest absolute Gasteiger partial charge is 0.306 e. The monoisotopic (exact) mass is 270 g/mol. The lowest BCUT2D eigenvalue weighted by molar-refractivity contribution is 0.606. The van der Waals surface area contributed by atoms with Crippen LogP contribution in [0, 0.1) is 18.6 Å². The summed E-state index contributed by atoms with van der Waals surface area (Å²) in [5.74, 6) is 3.96. The number of halogens is 3. The smallest absolute Gasteiger partial charge is 0.187 e. The number of rotatable bonds is 2. The number of nitrogens with two attached hydrogens (primary N) is 1. The standard InChI is InChI=1S/C11H9ClF2N4/c1-5-9(14)11(18-15)17-10(16-5)6-2-7(12)4-8(13)3-6/h2-4H,15H2,1H3,(H,16,17,18). The van der Waals surface area contributed by atoms with E-state index < -0.39 is 11.6 Å². The summed E-state index contributed by atoms with van der Waals surface area (Å²) in [5, 5.41) is 0.206. The van der Waals surface area contributed by atoms with Gasteiger partial charge in [-0.1, -0.05) is 11.6 Å². The minimum absolute atomic E-state index is 0.105. The summed E-state index contributed by atoms with van der Waals surface area (Å²) in [6.07, 6.45) is 0. The molecule has 1 aromatic heterocycles. The van der Waals surface area contributed by atoms with Crippen LogP contribution in [0.15, 0.2) is 18.2 Å². The average Bonchev–Trinajstić information content (AvgIpc) is 2.31. The number of nitrogen functional groups attached to an aromatic ring is 1. The van der Waals surface area contributed by atoms with Crippen molar-refractivity contribution in [1.29, 1.82) is 0 Å². The topological polar surface area (TPSA) is 63.8 Å². The van der Waals surface area contributed by atoms with Gasteiger partial charge < -0.3 is 5.43 Å². The van der Waals surface area contributed by atoms with E-state index in [-0.39, 0.29) is 22.4 Å². The number of anilines is 1. The van der Waals surface area contributed by atoms with Crippen molar-refractivity contribution in [3.05, 3.63) is 40.6 Å². The molecule has 0 spiro atoms. The van der Waals surface area contributed by atoms with Gasteiger partial charge in [-0.05, 0) is 25.1 Å². The summed E-state index contributed by atoms with van der Waals surface area (Å²) < 4.78 is 26.7. The average molecular weight is 271 g/mol. The van der Waals surface area contributed by atoms with Crippen LogP contribution >= 0.6 is 11.6 Å². The van der Waals surface area contributed by atoms with E-state index >= 15 is 0 Å². The Balaban J connectivity index is 2.60. The molecule has 2 aromatic rings. The molecule has 7 heteroatoms. The normalized spacial score (nSPS) is 10.5. The first kappa shape index (κ1) is 12.7. The zero-order valence-electron chi connectivity index (χ0n) is 9.34. The van der Waals surface area contributed by atoms with Crippen LogP contribution in [0.4, 0.5) is 14.6 Å². The third-order valence-corrected chi connectivity index (χ3v) is 2.49. The van der Waals surface area contributed by atoms with Crippen molar-refractivity contribution < 1.29 is 8.78 Å². The van der Waals surface area contributed by atoms with Crippen LogP contribution in [0.1, 0.15) is 5.69 Å². The Morgan fingerprint density at radius 2 is 1.94 bits per heavy atom. The van der Waals surface area contributed by atoms with E-state index in [1.807, 2.05) is 0 Å². The summed E-state index contributed by atoms with van der Waals surface area (Å²) in [6.45, 7) is 1.46. The number of hydrazine groups is 1.